The van der Waals surface area contributed by atoms with Crippen molar-refractivity contribution in [3.8, 4) is 5.88 Å². The second kappa shape index (κ2) is 7.81. The zero-order valence-electron chi connectivity index (χ0n) is 11.6. The number of pyridine rings is 1. The molecular formula is C14H20N2O4. The van der Waals surface area contributed by atoms with Gasteiger partial charge < -0.3 is 19.5 Å². The van der Waals surface area contributed by atoms with Crippen molar-refractivity contribution >= 4 is 11.6 Å². The molecule has 6 heteroatoms. The van der Waals surface area contributed by atoms with Gasteiger partial charge in [0, 0.05) is 12.7 Å². The molecule has 1 amide bonds. The molecule has 6 nitrogen and oxygen atoms in total. The molecular weight excluding hydrogens is 260 g/mol. The summed E-state index contributed by atoms with van der Waals surface area (Å²) in [6.07, 6.45) is 4.22. The fraction of sp³-hybridized carbons (Fsp3) is 0.571. The number of aromatic nitrogens is 1. The van der Waals surface area contributed by atoms with Crippen LogP contribution in [-0.4, -0.2) is 43.9 Å². The molecule has 2 rings (SSSR count). The van der Waals surface area contributed by atoms with E-state index in [1.807, 2.05) is 0 Å². The van der Waals surface area contributed by atoms with E-state index in [1.54, 1.807) is 25.4 Å². The molecule has 0 spiro atoms. The van der Waals surface area contributed by atoms with Gasteiger partial charge >= 0.3 is 0 Å². The second-order valence-electron chi connectivity index (χ2n) is 4.60. The summed E-state index contributed by atoms with van der Waals surface area (Å²) in [5.41, 5.74) is 0.648. The van der Waals surface area contributed by atoms with Crippen molar-refractivity contribution in [1.29, 1.82) is 0 Å². The number of carbonyl (C=O) groups is 1. The lowest BCUT2D eigenvalue weighted by Gasteiger charge is -2.10. The van der Waals surface area contributed by atoms with Crippen LogP contribution in [0.25, 0.3) is 0 Å². The lowest BCUT2D eigenvalue weighted by atomic mass is 10.2. The van der Waals surface area contributed by atoms with E-state index in [-0.39, 0.29) is 12.0 Å². The predicted octanol–water partition coefficient (Wildman–Crippen LogP) is 1.61. The number of nitrogens with one attached hydrogen (secondary N) is 1. The lowest BCUT2D eigenvalue weighted by molar-refractivity contribution is -0.117. The summed E-state index contributed by atoms with van der Waals surface area (Å²) in [4.78, 5) is 15.7. The molecule has 1 N–H and O–H groups in total. The minimum Gasteiger partial charge on any atom is -0.481 e. The Morgan fingerprint density at radius 2 is 2.45 bits per heavy atom. The number of nitrogens with zero attached hydrogens (tertiary/aromatic N) is 1. The van der Waals surface area contributed by atoms with Gasteiger partial charge in [-0.2, -0.15) is 0 Å². The Morgan fingerprint density at radius 3 is 3.10 bits per heavy atom. The number of anilines is 1. The number of rotatable bonds is 7. The van der Waals surface area contributed by atoms with Gasteiger partial charge in [-0.3, -0.25) is 4.79 Å². The largest absolute Gasteiger partial charge is 0.481 e. The van der Waals surface area contributed by atoms with Crippen LogP contribution in [0, 0.1) is 0 Å². The Labute approximate surface area is 118 Å². The molecule has 2 heterocycles. The van der Waals surface area contributed by atoms with Crippen LogP contribution in [0.4, 0.5) is 5.69 Å². The van der Waals surface area contributed by atoms with E-state index in [0.29, 0.717) is 31.2 Å². The van der Waals surface area contributed by atoms with Gasteiger partial charge in [-0.05, 0) is 18.9 Å². The number of hydrogen-bond donors (Lipinski definition) is 1. The molecule has 1 aliphatic heterocycles. The SMILES string of the molecule is COc1ccc(NC(=O)CCOC[C@H]2CCCO2)cn1. The lowest BCUT2D eigenvalue weighted by Crippen LogP contribution is -2.18. The van der Waals surface area contributed by atoms with E-state index in [4.69, 9.17) is 14.2 Å². The van der Waals surface area contributed by atoms with Gasteiger partial charge in [-0.25, -0.2) is 4.98 Å². The first-order valence-corrected chi connectivity index (χ1v) is 6.77. The molecule has 20 heavy (non-hydrogen) atoms. The quantitative estimate of drug-likeness (QED) is 0.768. The minimum atomic E-state index is -0.0932. The maximum atomic E-state index is 11.7. The molecule has 1 aromatic rings. The van der Waals surface area contributed by atoms with Gasteiger partial charge in [0.1, 0.15) is 0 Å². The first kappa shape index (κ1) is 14.7. The molecule has 0 aromatic carbocycles. The molecule has 110 valence electrons. The van der Waals surface area contributed by atoms with Crippen LogP contribution in [0.15, 0.2) is 18.3 Å². The van der Waals surface area contributed by atoms with Gasteiger partial charge in [-0.15, -0.1) is 0 Å². The van der Waals surface area contributed by atoms with Gasteiger partial charge in [0.15, 0.2) is 0 Å². The third kappa shape index (κ3) is 4.79. The summed E-state index contributed by atoms with van der Waals surface area (Å²) >= 11 is 0. The molecule has 0 unspecified atom stereocenters. The van der Waals surface area contributed by atoms with Gasteiger partial charge in [0.05, 0.1) is 44.7 Å². The third-order valence-corrected chi connectivity index (χ3v) is 3.03. The molecule has 0 aliphatic carbocycles. The van der Waals surface area contributed by atoms with Crippen molar-refractivity contribution in [2.24, 2.45) is 0 Å². The molecule has 0 bridgehead atoms. The van der Waals surface area contributed by atoms with E-state index >= 15 is 0 Å². The van der Waals surface area contributed by atoms with Crippen LogP contribution in [0.2, 0.25) is 0 Å². The normalized spacial score (nSPS) is 17.9. The van der Waals surface area contributed by atoms with Crippen LogP contribution in [0.5, 0.6) is 5.88 Å². The van der Waals surface area contributed by atoms with Crippen LogP contribution in [0.3, 0.4) is 0 Å². The Kier molecular flexibility index (Phi) is 5.76. The fourth-order valence-electron chi connectivity index (χ4n) is 1.95. The van der Waals surface area contributed by atoms with Crippen LogP contribution in [-0.2, 0) is 14.3 Å². The van der Waals surface area contributed by atoms with Crippen molar-refractivity contribution in [3.63, 3.8) is 0 Å². The van der Waals surface area contributed by atoms with E-state index in [2.05, 4.69) is 10.3 Å². The van der Waals surface area contributed by atoms with Gasteiger partial charge in [-0.1, -0.05) is 0 Å². The molecule has 1 aromatic heterocycles. The first-order valence-electron chi connectivity index (χ1n) is 6.77. The summed E-state index contributed by atoms with van der Waals surface area (Å²) in [5, 5.41) is 2.75. The van der Waals surface area contributed by atoms with Crippen molar-refractivity contribution < 1.29 is 19.0 Å². The monoisotopic (exact) mass is 280 g/mol. The predicted molar refractivity (Wildman–Crippen MR) is 73.8 cm³/mol. The van der Waals surface area contributed by atoms with Gasteiger partial charge in [0.25, 0.3) is 0 Å². The number of methoxy groups -OCH3 is 1. The zero-order valence-corrected chi connectivity index (χ0v) is 11.6. The van der Waals surface area contributed by atoms with Crippen molar-refractivity contribution in [2.75, 3.05) is 32.2 Å². The maximum absolute atomic E-state index is 11.7. The van der Waals surface area contributed by atoms with Crippen molar-refractivity contribution in [3.05, 3.63) is 18.3 Å². The van der Waals surface area contributed by atoms with E-state index in [0.717, 1.165) is 19.4 Å². The average molecular weight is 280 g/mol. The number of amides is 1. The number of hydrogen-bond acceptors (Lipinski definition) is 5. The zero-order chi connectivity index (χ0) is 14.2. The Bertz CT molecular complexity index is 416. The summed E-state index contributed by atoms with van der Waals surface area (Å²) in [7, 11) is 1.55. The van der Waals surface area contributed by atoms with Crippen molar-refractivity contribution in [1.82, 2.24) is 4.98 Å². The summed E-state index contributed by atoms with van der Waals surface area (Å²) in [6.45, 7) is 1.78. The average Bonchev–Trinajstić information content (AvgIpc) is 2.98. The number of ether oxygens (including phenoxy) is 3. The molecule has 1 fully saturated rings. The Balaban J connectivity index is 1.61. The smallest absolute Gasteiger partial charge is 0.226 e. The summed E-state index contributed by atoms with van der Waals surface area (Å²) in [5.74, 6) is 0.423. The van der Waals surface area contributed by atoms with Crippen LogP contribution < -0.4 is 10.1 Å². The molecule has 1 aliphatic rings. The Hall–Kier alpha value is -1.66. The number of carbonyl (C=O) groups excluding carboxylic acids is 1. The summed E-state index contributed by atoms with van der Waals surface area (Å²) in [6, 6.07) is 3.44. The van der Waals surface area contributed by atoms with E-state index < -0.39 is 0 Å². The highest BCUT2D eigenvalue weighted by Gasteiger charge is 2.15. The fourth-order valence-corrected chi connectivity index (χ4v) is 1.95. The van der Waals surface area contributed by atoms with Crippen molar-refractivity contribution in [2.45, 2.75) is 25.4 Å². The summed E-state index contributed by atoms with van der Waals surface area (Å²) < 4.78 is 15.8. The highest BCUT2D eigenvalue weighted by molar-refractivity contribution is 5.90. The van der Waals surface area contributed by atoms with Crippen LogP contribution >= 0.6 is 0 Å². The second-order valence-corrected chi connectivity index (χ2v) is 4.60. The highest BCUT2D eigenvalue weighted by Crippen LogP contribution is 2.13. The standard InChI is InChI=1S/C14H20N2O4/c1-18-14-5-4-11(9-15-14)16-13(17)6-8-19-10-12-3-2-7-20-12/h4-5,9,12H,2-3,6-8,10H2,1H3,(H,16,17)/t12-/m1/s1. The topological polar surface area (TPSA) is 69.7 Å². The third-order valence-electron chi connectivity index (χ3n) is 3.03. The Morgan fingerprint density at radius 1 is 1.55 bits per heavy atom. The van der Waals surface area contributed by atoms with E-state index in [1.165, 1.54) is 0 Å². The highest BCUT2D eigenvalue weighted by atomic mass is 16.5. The molecule has 1 saturated heterocycles. The van der Waals surface area contributed by atoms with Gasteiger partial charge in [0.2, 0.25) is 11.8 Å². The maximum Gasteiger partial charge on any atom is 0.226 e. The first-order chi connectivity index (χ1) is 9.78. The van der Waals surface area contributed by atoms with E-state index in [9.17, 15) is 4.79 Å². The minimum absolute atomic E-state index is 0.0932. The molecule has 0 radical (unpaired) electrons. The molecule has 1 atom stereocenters. The van der Waals surface area contributed by atoms with Crippen LogP contribution in [0.1, 0.15) is 19.3 Å². The molecule has 0 saturated carbocycles.